The van der Waals surface area contributed by atoms with Gasteiger partial charge < -0.3 is 5.73 Å². The highest BCUT2D eigenvalue weighted by Gasteiger charge is 2.15. The minimum Gasteiger partial charge on any atom is -0.321 e. The lowest BCUT2D eigenvalue weighted by atomic mass is 10.0. The van der Waals surface area contributed by atoms with Crippen LogP contribution in [0.5, 0.6) is 0 Å². The van der Waals surface area contributed by atoms with E-state index in [9.17, 15) is 0 Å². The first-order valence-corrected chi connectivity index (χ1v) is 4.29. The van der Waals surface area contributed by atoms with Crippen LogP contribution in [0.4, 0.5) is 0 Å². The number of nitrogens with zero attached hydrogens (tertiary/aromatic N) is 1. The number of hydrogen-bond acceptors (Lipinski definition) is 2. The van der Waals surface area contributed by atoms with Gasteiger partial charge in [0, 0.05) is 5.69 Å². The molecular weight excluding hydrogens is 148 g/mol. The van der Waals surface area contributed by atoms with Crippen molar-refractivity contribution < 1.29 is 0 Å². The van der Waals surface area contributed by atoms with Crippen LogP contribution in [0, 0.1) is 0 Å². The van der Waals surface area contributed by atoms with E-state index in [-0.39, 0.29) is 5.54 Å². The van der Waals surface area contributed by atoms with Gasteiger partial charge in [0.2, 0.25) is 0 Å². The number of aryl methyl sites for hydroxylation is 1. The first-order chi connectivity index (χ1) is 5.54. The van der Waals surface area contributed by atoms with Crippen LogP contribution < -0.4 is 5.73 Å². The number of hydrogen-bond donors (Lipinski definition) is 1. The Balaban J connectivity index is 3.02. The average Bonchev–Trinajstić information content (AvgIpc) is 2.03. The summed E-state index contributed by atoms with van der Waals surface area (Å²) >= 11 is 0. The van der Waals surface area contributed by atoms with Gasteiger partial charge in [-0.05, 0) is 32.4 Å². The second-order valence-corrected chi connectivity index (χ2v) is 3.59. The van der Waals surface area contributed by atoms with Crippen LogP contribution >= 0.6 is 0 Å². The Kier molecular flexibility index (Phi) is 2.48. The van der Waals surface area contributed by atoms with Crippen LogP contribution in [0.1, 0.15) is 32.2 Å². The van der Waals surface area contributed by atoms with E-state index in [1.807, 2.05) is 32.0 Å². The molecule has 0 atom stereocenters. The quantitative estimate of drug-likeness (QED) is 0.724. The Morgan fingerprint density at radius 2 is 2.08 bits per heavy atom. The van der Waals surface area contributed by atoms with Crippen LogP contribution in [-0.2, 0) is 12.0 Å². The maximum absolute atomic E-state index is 5.92. The van der Waals surface area contributed by atoms with E-state index in [1.54, 1.807) is 0 Å². The number of rotatable bonds is 2. The average molecular weight is 164 g/mol. The van der Waals surface area contributed by atoms with Crippen molar-refractivity contribution in [2.45, 2.75) is 32.7 Å². The number of pyridine rings is 1. The van der Waals surface area contributed by atoms with E-state index in [2.05, 4.69) is 11.9 Å². The lowest BCUT2D eigenvalue weighted by Crippen LogP contribution is -2.30. The first-order valence-electron chi connectivity index (χ1n) is 4.29. The van der Waals surface area contributed by atoms with Gasteiger partial charge in [0.1, 0.15) is 0 Å². The summed E-state index contributed by atoms with van der Waals surface area (Å²) in [6, 6.07) is 6.00. The molecule has 2 heteroatoms. The maximum atomic E-state index is 5.92. The van der Waals surface area contributed by atoms with Gasteiger partial charge in [-0.15, -0.1) is 0 Å². The zero-order valence-electron chi connectivity index (χ0n) is 7.96. The van der Waals surface area contributed by atoms with E-state index in [1.165, 1.54) is 0 Å². The molecule has 0 unspecified atom stereocenters. The van der Waals surface area contributed by atoms with Crippen LogP contribution in [-0.4, -0.2) is 4.98 Å². The molecule has 12 heavy (non-hydrogen) atoms. The van der Waals surface area contributed by atoms with Crippen molar-refractivity contribution >= 4 is 0 Å². The van der Waals surface area contributed by atoms with E-state index in [4.69, 9.17) is 5.73 Å². The molecule has 1 rings (SSSR count). The molecule has 2 nitrogen and oxygen atoms in total. The van der Waals surface area contributed by atoms with E-state index in [0.29, 0.717) is 0 Å². The standard InChI is InChI=1S/C10H16N2/c1-4-8-6-5-7-9(12-8)10(2,3)11/h5-7H,4,11H2,1-3H3. The molecule has 0 aromatic carbocycles. The van der Waals surface area contributed by atoms with E-state index in [0.717, 1.165) is 17.8 Å². The minimum absolute atomic E-state index is 0.328. The summed E-state index contributed by atoms with van der Waals surface area (Å²) in [6.07, 6.45) is 0.962. The minimum atomic E-state index is -0.328. The molecule has 1 aromatic heterocycles. The second kappa shape index (κ2) is 3.23. The van der Waals surface area contributed by atoms with Crippen LogP contribution in [0.2, 0.25) is 0 Å². The Morgan fingerprint density at radius 3 is 2.58 bits per heavy atom. The summed E-state index contributed by atoms with van der Waals surface area (Å²) in [5.41, 5.74) is 7.65. The van der Waals surface area contributed by atoms with Crippen LogP contribution in [0.3, 0.4) is 0 Å². The molecule has 1 heterocycles. The largest absolute Gasteiger partial charge is 0.321 e. The summed E-state index contributed by atoms with van der Waals surface area (Å²) in [5.74, 6) is 0. The topological polar surface area (TPSA) is 38.9 Å². The Bertz CT molecular complexity index is 261. The summed E-state index contributed by atoms with van der Waals surface area (Å²) < 4.78 is 0. The van der Waals surface area contributed by atoms with Gasteiger partial charge >= 0.3 is 0 Å². The fraction of sp³-hybridized carbons (Fsp3) is 0.500. The molecule has 2 N–H and O–H groups in total. The molecule has 0 radical (unpaired) electrons. The Morgan fingerprint density at radius 1 is 1.42 bits per heavy atom. The summed E-state index contributed by atoms with van der Waals surface area (Å²) in [5, 5.41) is 0. The molecule has 0 bridgehead atoms. The fourth-order valence-electron chi connectivity index (χ4n) is 1.04. The molecule has 1 aromatic rings. The third-order valence-corrected chi connectivity index (χ3v) is 1.83. The van der Waals surface area contributed by atoms with Crippen molar-refractivity contribution in [3.05, 3.63) is 29.6 Å². The molecule has 0 aliphatic rings. The molecule has 0 aliphatic carbocycles. The van der Waals surface area contributed by atoms with Crippen molar-refractivity contribution in [2.75, 3.05) is 0 Å². The van der Waals surface area contributed by atoms with Crippen LogP contribution in [0.15, 0.2) is 18.2 Å². The lowest BCUT2D eigenvalue weighted by molar-refractivity contribution is 0.533. The zero-order chi connectivity index (χ0) is 9.19. The molecule has 0 spiro atoms. The molecule has 0 saturated heterocycles. The van der Waals surface area contributed by atoms with Crippen molar-refractivity contribution in [1.29, 1.82) is 0 Å². The highest BCUT2D eigenvalue weighted by molar-refractivity contribution is 5.16. The van der Waals surface area contributed by atoms with Crippen molar-refractivity contribution in [3.8, 4) is 0 Å². The number of aromatic nitrogens is 1. The maximum Gasteiger partial charge on any atom is 0.0600 e. The SMILES string of the molecule is CCc1cccc(C(C)(C)N)n1. The third kappa shape index (κ3) is 2.05. The Hall–Kier alpha value is -0.890. The van der Waals surface area contributed by atoms with Crippen molar-refractivity contribution in [2.24, 2.45) is 5.73 Å². The summed E-state index contributed by atoms with van der Waals surface area (Å²) in [4.78, 5) is 4.44. The van der Waals surface area contributed by atoms with Crippen LogP contribution in [0.25, 0.3) is 0 Å². The highest BCUT2D eigenvalue weighted by Crippen LogP contribution is 2.14. The molecular formula is C10H16N2. The van der Waals surface area contributed by atoms with E-state index < -0.39 is 0 Å². The van der Waals surface area contributed by atoms with Gasteiger partial charge in [-0.25, -0.2) is 0 Å². The molecule has 0 amide bonds. The first kappa shape index (κ1) is 9.20. The van der Waals surface area contributed by atoms with Crippen molar-refractivity contribution in [3.63, 3.8) is 0 Å². The Labute approximate surface area is 73.8 Å². The highest BCUT2D eigenvalue weighted by atomic mass is 14.8. The normalized spacial score (nSPS) is 11.7. The second-order valence-electron chi connectivity index (χ2n) is 3.59. The predicted octanol–water partition coefficient (Wildman–Crippen LogP) is 1.84. The van der Waals surface area contributed by atoms with Gasteiger partial charge in [-0.3, -0.25) is 4.98 Å². The molecule has 0 aliphatic heterocycles. The van der Waals surface area contributed by atoms with Crippen molar-refractivity contribution in [1.82, 2.24) is 4.98 Å². The van der Waals surface area contributed by atoms with Gasteiger partial charge in [-0.1, -0.05) is 13.0 Å². The predicted molar refractivity (Wildman–Crippen MR) is 50.8 cm³/mol. The van der Waals surface area contributed by atoms with Gasteiger partial charge in [0.25, 0.3) is 0 Å². The molecule has 66 valence electrons. The third-order valence-electron chi connectivity index (χ3n) is 1.83. The summed E-state index contributed by atoms with van der Waals surface area (Å²) in [6.45, 7) is 6.03. The monoisotopic (exact) mass is 164 g/mol. The van der Waals surface area contributed by atoms with Gasteiger partial charge in [0.15, 0.2) is 0 Å². The van der Waals surface area contributed by atoms with E-state index >= 15 is 0 Å². The van der Waals surface area contributed by atoms with Gasteiger partial charge in [-0.2, -0.15) is 0 Å². The number of nitrogens with two attached hydrogens (primary N) is 1. The fourth-order valence-corrected chi connectivity index (χ4v) is 1.04. The van der Waals surface area contributed by atoms with Gasteiger partial charge in [0.05, 0.1) is 11.2 Å². The lowest BCUT2D eigenvalue weighted by Gasteiger charge is -2.18. The smallest absolute Gasteiger partial charge is 0.0600 e. The zero-order valence-corrected chi connectivity index (χ0v) is 7.96. The summed E-state index contributed by atoms with van der Waals surface area (Å²) in [7, 11) is 0. The molecule has 0 fully saturated rings. The molecule has 0 saturated carbocycles.